The Kier molecular flexibility index (Phi) is 2.52. The van der Waals surface area contributed by atoms with Crippen molar-refractivity contribution in [3.63, 3.8) is 0 Å². The molecule has 2 aromatic carbocycles. The zero-order valence-corrected chi connectivity index (χ0v) is 9.84. The number of phenolic OH excluding ortho intramolecular Hbond substituents is 1. The van der Waals surface area contributed by atoms with Crippen LogP contribution in [0.3, 0.4) is 0 Å². The lowest BCUT2D eigenvalue weighted by atomic mass is 9.98. The number of carbonyl (C=O) groups excluding carboxylic acids is 1. The summed E-state index contributed by atoms with van der Waals surface area (Å²) >= 11 is 0. The first-order valence-electron chi connectivity index (χ1n) is 5.89. The highest BCUT2D eigenvalue weighted by molar-refractivity contribution is 6.02. The van der Waals surface area contributed by atoms with Gasteiger partial charge in [0.1, 0.15) is 5.75 Å². The van der Waals surface area contributed by atoms with E-state index in [1.54, 1.807) is 12.1 Å². The van der Waals surface area contributed by atoms with Crippen LogP contribution in [0.15, 0.2) is 48.5 Å². The minimum atomic E-state index is 0.0519. The SMILES string of the molecule is O=C1CN(c2ccccc2)Cc2ccc(O)cc21. The van der Waals surface area contributed by atoms with Crippen LogP contribution in [0.1, 0.15) is 15.9 Å². The third-order valence-corrected chi connectivity index (χ3v) is 3.21. The van der Waals surface area contributed by atoms with Gasteiger partial charge < -0.3 is 10.0 Å². The summed E-state index contributed by atoms with van der Waals surface area (Å²) in [4.78, 5) is 14.1. The van der Waals surface area contributed by atoms with Crippen molar-refractivity contribution in [3.05, 3.63) is 59.7 Å². The second-order valence-corrected chi connectivity index (χ2v) is 4.46. The van der Waals surface area contributed by atoms with Gasteiger partial charge in [0.05, 0.1) is 6.54 Å². The molecule has 1 aliphatic rings. The smallest absolute Gasteiger partial charge is 0.182 e. The fourth-order valence-corrected chi connectivity index (χ4v) is 2.30. The summed E-state index contributed by atoms with van der Waals surface area (Å²) in [5.41, 5.74) is 2.65. The molecule has 3 rings (SSSR count). The van der Waals surface area contributed by atoms with Crippen molar-refractivity contribution in [1.82, 2.24) is 0 Å². The molecule has 0 bridgehead atoms. The first kappa shape index (κ1) is 10.8. The normalized spacial score (nSPS) is 14.4. The molecule has 3 heteroatoms. The van der Waals surface area contributed by atoms with E-state index in [1.807, 2.05) is 41.3 Å². The Morgan fingerprint density at radius 1 is 1.00 bits per heavy atom. The highest BCUT2D eigenvalue weighted by atomic mass is 16.3. The van der Waals surface area contributed by atoms with Gasteiger partial charge in [-0.05, 0) is 29.8 Å². The van der Waals surface area contributed by atoms with Crippen molar-refractivity contribution in [2.45, 2.75) is 6.54 Å². The van der Waals surface area contributed by atoms with Crippen LogP contribution < -0.4 is 4.90 Å². The van der Waals surface area contributed by atoms with Gasteiger partial charge >= 0.3 is 0 Å². The summed E-state index contributed by atoms with van der Waals surface area (Å²) in [5.74, 6) is 0.200. The van der Waals surface area contributed by atoms with Crippen LogP contribution in [0.5, 0.6) is 5.75 Å². The number of anilines is 1. The summed E-state index contributed by atoms with van der Waals surface area (Å²) in [6, 6.07) is 14.9. The summed E-state index contributed by atoms with van der Waals surface area (Å²) in [7, 11) is 0. The first-order valence-corrected chi connectivity index (χ1v) is 5.89. The van der Waals surface area contributed by atoms with Crippen molar-refractivity contribution < 1.29 is 9.90 Å². The molecule has 1 N–H and O–H groups in total. The number of rotatable bonds is 1. The number of para-hydroxylation sites is 1. The van der Waals surface area contributed by atoms with Crippen molar-refractivity contribution in [2.75, 3.05) is 11.4 Å². The Bertz CT molecular complexity index is 593. The van der Waals surface area contributed by atoms with Crippen LogP contribution in [0.4, 0.5) is 5.69 Å². The standard InChI is InChI=1S/C15H13NO2/c17-13-7-6-11-9-16(10-15(18)14(11)8-13)12-4-2-1-3-5-12/h1-8,17H,9-10H2. The van der Waals surface area contributed by atoms with E-state index in [2.05, 4.69) is 0 Å². The summed E-state index contributed by atoms with van der Waals surface area (Å²) in [6.07, 6.45) is 0. The van der Waals surface area contributed by atoms with Crippen LogP contribution >= 0.6 is 0 Å². The van der Waals surface area contributed by atoms with E-state index >= 15 is 0 Å². The number of fused-ring (bicyclic) bond motifs is 1. The van der Waals surface area contributed by atoms with E-state index in [-0.39, 0.29) is 11.5 Å². The van der Waals surface area contributed by atoms with E-state index in [1.165, 1.54) is 0 Å². The van der Waals surface area contributed by atoms with Gasteiger partial charge in [-0.3, -0.25) is 4.79 Å². The Morgan fingerprint density at radius 2 is 1.78 bits per heavy atom. The topological polar surface area (TPSA) is 40.5 Å². The van der Waals surface area contributed by atoms with Crippen molar-refractivity contribution in [2.24, 2.45) is 0 Å². The lowest BCUT2D eigenvalue weighted by Gasteiger charge is -2.29. The van der Waals surface area contributed by atoms with Gasteiger partial charge in [-0.1, -0.05) is 24.3 Å². The van der Waals surface area contributed by atoms with E-state index in [9.17, 15) is 9.90 Å². The lowest BCUT2D eigenvalue weighted by molar-refractivity contribution is 0.0991. The highest BCUT2D eigenvalue weighted by Gasteiger charge is 2.23. The molecule has 0 spiro atoms. The number of hydrogen-bond acceptors (Lipinski definition) is 3. The summed E-state index contributed by atoms with van der Waals surface area (Å²) in [6.45, 7) is 1.06. The zero-order valence-electron chi connectivity index (χ0n) is 9.84. The third kappa shape index (κ3) is 1.84. The number of phenols is 1. The third-order valence-electron chi connectivity index (χ3n) is 3.21. The minimum Gasteiger partial charge on any atom is -0.508 e. The van der Waals surface area contributed by atoms with Gasteiger partial charge in [0.15, 0.2) is 5.78 Å². The maximum absolute atomic E-state index is 12.1. The molecule has 0 radical (unpaired) electrons. The number of aromatic hydroxyl groups is 1. The van der Waals surface area contributed by atoms with Gasteiger partial charge in [-0.15, -0.1) is 0 Å². The highest BCUT2D eigenvalue weighted by Crippen LogP contribution is 2.26. The largest absolute Gasteiger partial charge is 0.508 e. The summed E-state index contributed by atoms with van der Waals surface area (Å²) < 4.78 is 0. The predicted molar refractivity (Wildman–Crippen MR) is 69.9 cm³/mol. The minimum absolute atomic E-state index is 0.0519. The molecule has 1 heterocycles. The van der Waals surface area contributed by atoms with Gasteiger partial charge in [0.2, 0.25) is 0 Å². The molecule has 0 fully saturated rings. The molecule has 0 aromatic heterocycles. The van der Waals surface area contributed by atoms with E-state index in [4.69, 9.17) is 0 Å². The van der Waals surface area contributed by atoms with Gasteiger partial charge in [0.25, 0.3) is 0 Å². The molecule has 3 nitrogen and oxygen atoms in total. The van der Waals surface area contributed by atoms with Crippen molar-refractivity contribution in [1.29, 1.82) is 0 Å². The van der Waals surface area contributed by atoms with E-state index < -0.39 is 0 Å². The fraction of sp³-hybridized carbons (Fsp3) is 0.133. The number of ketones is 1. The molecule has 90 valence electrons. The molecule has 0 saturated heterocycles. The monoisotopic (exact) mass is 239 g/mol. The second kappa shape index (κ2) is 4.18. The van der Waals surface area contributed by atoms with Crippen LogP contribution in [0.2, 0.25) is 0 Å². The molecular formula is C15H13NO2. The molecule has 2 aromatic rings. The number of hydrogen-bond donors (Lipinski definition) is 1. The number of nitrogens with zero attached hydrogens (tertiary/aromatic N) is 1. The Labute approximate surface area is 105 Å². The number of Topliss-reactive ketones (excluding diaryl/α,β-unsaturated/α-hetero) is 1. The number of carbonyl (C=O) groups is 1. The summed E-state index contributed by atoms with van der Waals surface area (Å²) in [5, 5.41) is 9.42. The van der Waals surface area contributed by atoms with Crippen molar-refractivity contribution >= 4 is 11.5 Å². The van der Waals surface area contributed by atoms with E-state index in [0.717, 1.165) is 11.3 Å². The Morgan fingerprint density at radius 3 is 2.56 bits per heavy atom. The van der Waals surface area contributed by atoms with Crippen LogP contribution in [0, 0.1) is 0 Å². The van der Waals surface area contributed by atoms with Gasteiger partial charge in [-0.25, -0.2) is 0 Å². The fourth-order valence-electron chi connectivity index (χ4n) is 2.30. The molecule has 18 heavy (non-hydrogen) atoms. The Balaban J connectivity index is 1.97. The van der Waals surface area contributed by atoms with Crippen LogP contribution in [-0.4, -0.2) is 17.4 Å². The van der Waals surface area contributed by atoms with Crippen LogP contribution in [-0.2, 0) is 6.54 Å². The molecule has 0 unspecified atom stereocenters. The Hall–Kier alpha value is -2.29. The average molecular weight is 239 g/mol. The maximum atomic E-state index is 12.1. The van der Waals surface area contributed by atoms with Crippen molar-refractivity contribution in [3.8, 4) is 5.75 Å². The molecule has 0 atom stereocenters. The zero-order chi connectivity index (χ0) is 12.5. The quantitative estimate of drug-likeness (QED) is 0.831. The second-order valence-electron chi connectivity index (χ2n) is 4.46. The molecular weight excluding hydrogens is 226 g/mol. The first-order chi connectivity index (χ1) is 8.74. The number of benzene rings is 2. The lowest BCUT2D eigenvalue weighted by Crippen LogP contribution is -2.34. The molecule has 0 amide bonds. The average Bonchev–Trinajstić information content (AvgIpc) is 2.40. The molecule has 0 aliphatic carbocycles. The molecule has 0 saturated carbocycles. The van der Waals surface area contributed by atoms with Gasteiger partial charge in [0, 0.05) is 17.8 Å². The van der Waals surface area contributed by atoms with E-state index in [0.29, 0.717) is 18.7 Å². The predicted octanol–water partition coefficient (Wildman–Crippen LogP) is 2.60. The maximum Gasteiger partial charge on any atom is 0.182 e. The van der Waals surface area contributed by atoms with Crippen LogP contribution in [0.25, 0.3) is 0 Å². The van der Waals surface area contributed by atoms with Gasteiger partial charge in [-0.2, -0.15) is 0 Å². The molecule has 1 aliphatic heterocycles.